The van der Waals surface area contributed by atoms with Crippen LogP contribution < -0.4 is 4.74 Å². The van der Waals surface area contributed by atoms with Crippen LogP contribution >= 0.6 is 15.9 Å². The summed E-state index contributed by atoms with van der Waals surface area (Å²) in [6, 6.07) is 14.9. The first-order chi connectivity index (χ1) is 15.1. The van der Waals surface area contributed by atoms with Gasteiger partial charge in [-0.3, -0.25) is 0 Å². The Balaban J connectivity index is 1.87. The highest BCUT2D eigenvalue weighted by Gasteiger charge is 2.40. The van der Waals surface area contributed by atoms with Gasteiger partial charge in [-0.25, -0.2) is 4.79 Å². The van der Waals surface area contributed by atoms with Crippen LogP contribution in [-0.4, -0.2) is 50.0 Å². The van der Waals surface area contributed by atoms with Crippen LogP contribution in [0.25, 0.3) is 0 Å². The lowest BCUT2D eigenvalue weighted by atomic mass is 9.68. The van der Waals surface area contributed by atoms with Gasteiger partial charge in [0.2, 0.25) is 0 Å². The number of hydrogen-bond acceptors (Lipinski definition) is 4. The molecular weight excluding hydrogens is 470 g/mol. The van der Waals surface area contributed by atoms with Gasteiger partial charge in [0.15, 0.2) is 0 Å². The fourth-order valence-electron chi connectivity index (χ4n) is 4.20. The number of rotatable bonds is 6. The van der Waals surface area contributed by atoms with E-state index in [1.165, 1.54) is 16.7 Å². The first-order valence-electron chi connectivity index (χ1n) is 11.1. The number of methoxy groups -OCH3 is 1. The van der Waals surface area contributed by atoms with E-state index >= 15 is 0 Å². The molecule has 1 amide bonds. The van der Waals surface area contributed by atoms with Crippen molar-refractivity contribution < 1.29 is 19.0 Å². The summed E-state index contributed by atoms with van der Waals surface area (Å²) < 4.78 is 17.5. The highest BCUT2D eigenvalue weighted by atomic mass is 79.9. The largest absolute Gasteiger partial charge is 0.491 e. The monoisotopic (exact) mass is 503 g/mol. The van der Waals surface area contributed by atoms with Crippen molar-refractivity contribution >= 4 is 22.0 Å². The summed E-state index contributed by atoms with van der Waals surface area (Å²) in [5.74, 6) is 0.833. The van der Waals surface area contributed by atoms with Crippen molar-refractivity contribution in [2.24, 2.45) is 0 Å². The molecule has 0 saturated carbocycles. The topological polar surface area (TPSA) is 48.0 Å². The number of likely N-dealkylation sites (tertiary alicyclic amines) is 1. The number of ether oxygens (including phenoxy) is 3. The first-order valence-corrected chi connectivity index (χ1v) is 11.9. The van der Waals surface area contributed by atoms with Gasteiger partial charge in [0, 0.05) is 30.1 Å². The molecule has 6 heteroatoms. The predicted molar refractivity (Wildman–Crippen MR) is 131 cm³/mol. The Labute approximate surface area is 200 Å². The van der Waals surface area contributed by atoms with Crippen LogP contribution in [0.4, 0.5) is 4.79 Å². The summed E-state index contributed by atoms with van der Waals surface area (Å²) in [6.07, 6.45) is 1.42. The predicted octanol–water partition coefficient (Wildman–Crippen LogP) is 6.10. The number of halogens is 1. The molecule has 2 aromatic carbocycles. The van der Waals surface area contributed by atoms with Gasteiger partial charge in [0.25, 0.3) is 0 Å². The lowest BCUT2D eigenvalue weighted by molar-refractivity contribution is 0.0180. The molecule has 0 unspecified atom stereocenters. The van der Waals surface area contributed by atoms with E-state index in [0.29, 0.717) is 26.3 Å². The number of carbonyl (C=O) groups is 1. The van der Waals surface area contributed by atoms with Crippen molar-refractivity contribution in [2.45, 2.75) is 51.6 Å². The van der Waals surface area contributed by atoms with Crippen molar-refractivity contribution in [2.75, 3.05) is 33.4 Å². The summed E-state index contributed by atoms with van der Waals surface area (Å²) in [6.45, 7) is 10.2. The molecular formula is C26H34BrNO4. The van der Waals surface area contributed by atoms with Crippen LogP contribution in [0.1, 0.15) is 50.3 Å². The SMILES string of the molecule is COCCOc1ccc(C2(c3ccc(Br)c(C)c3)CCN(C(=O)OC(C)(C)C)CC2)cc1. The second kappa shape index (κ2) is 10.3. The third kappa shape index (κ3) is 5.84. The molecule has 1 aliphatic rings. The molecule has 0 spiro atoms. The van der Waals surface area contributed by atoms with E-state index in [2.05, 4.69) is 53.2 Å². The molecule has 1 aliphatic heterocycles. The molecule has 0 radical (unpaired) electrons. The minimum absolute atomic E-state index is 0.172. The average molecular weight is 504 g/mol. The van der Waals surface area contributed by atoms with Gasteiger partial charge < -0.3 is 19.1 Å². The second-order valence-corrected chi connectivity index (χ2v) is 10.2. The van der Waals surface area contributed by atoms with E-state index in [1.54, 1.807) is 7.11 Å². The number of hydrogen-bond donors (Lipinski definition) is 0. The molecule has 1 saturated heterocycles. The molecule has 0 aliphatic carbocycles. The maximum atomic E-state index is 12.6. The molecule has 0 aromatic heterocycles. The number of aryl methyl sites for hydroxylation is 1. The van der Waals surface area contributed by atoms with Crippen LogP contribution in [0.15, 0.2) is 46.9 Å². The number of piperidine rings is 1. The molecule has 32 heavy (non-hydrogen) atoms. The van der Waals surface area contributed by atoms with Crippen molar-refractivity contribution in [3.8, 4) is 5.75 Å². The van der Waals surface area contributed by atoms with Gasteiger partial charge in [0.05, 0.1) is 6.61 Å². The van der Waals surface area contributed by atoms with Crippen molar-refractivity contribution in [3.63, 3.8) is 0 Å². The fraction of sp³-hybridized carbons (Fsp3) is 0.500. The third-order valence-corrected chi connectivity index (χ3v) is 6.83. The molecule has 0 bridgehead atoms. The first kappa shape index (κ1) is 24.6. The van der Waals surface area contributed by atoms with Gasteiger partial charge >= 0.3 is 6.09 Å². The summed E-state index contributed by atoms with van der Waals surface area (Å²) in [7, 11) is 1.67. The standard InChI is InChI=1S/C26H34BrNO4/c1-19-18-21(8-11-23(19)27)26(20-6-9-22(10-7-20)31-17-16-30-5)12-14-28(15-13-26)24(29)32-25(2,3)4/h6-11,18H,12-17H2,1-5H3. The maximum absolute atomic E-state index is 12.6. The smallest absolute Gasteiger partial charge is 0.410 e. The lowest BCUT2D eigenvalue weighted by Gasteiger charge is -2.43. The average Bonchev–Trinajstić information content (AvgIpc) is 2.75. The van der Waals surface area contributed by atoms with Crippen LogP contribution in [0.3, 0.4) is 0 Å². The van der Waals surface area contributed by atoms with Gasteiger partial charge in [-0.05, 0) is 75.4 Å². The molecule has 5 nitrogen and oxygen atoms in total. The molecule has 2 aromatic rings. The van der Waals surface area contributed by atoms with E-state index in [9.17, 15) is 4.79 Å². The van der Waals surface area contributed by atoms with Gasteiger partial charge in [-0.1, -0.05) is 40.2 Å². The zero-order valence-electron chi connectivity index (χ0n) is 19.7. The van der Waals surface area contributed by atoms with E-state index in [4.69, 9.17) is 14.2 Å². The zero-order chi connectivity index (χ0) is 23.4. The molecule has 1 heterocycles. The number of amides is 1. The minimum Gasteiger partial charge on any atom is -0.491 e. The highest BCUT2D eigenvalue weighted by Crippen LogP contribution is 2.43. The molecule has 174 valence electrons. The van der Waals surface area contributed by atoms with Crippen LogP contribution in [0.5, 0.6) is 5.75 Å². The Morgan fingerprint density at radius 1 is 1.03 bits per heavy atom. The Hall–Kier alpha value is -2.05. The summed E-state index contributed by atoms with van der Waals surface area (Å²) in [4.78, 5) is 14.5. The van der Waals surface area contributed by atoms with E-state index in [1.807, 2.05) is 37.8 Å². The normalized spacial score (nSPS) is 16.0. The van der Waals surface area contributed by atoms with Gasteiger partial charge in [-0.15, -0.1) is 0 Å². The number of benzene rings is 2. The summed E-state index contributed by atoms with van der Waals surface area (Å²) in [5, 5.41) is 0. The van der Waals surface area contributed by atoms with Crippen LogP contribution in [0.2, 0.25) is 0 Å². The molecule has 0 atom stereocenters. The van der Waals surface area contributed by atoms with E-state index in [-0.39, 0.29) is 11.5 Å². The Bertz CT molecular complexity index is 912. The highest BCUT2D eigenvalue weighted by molar-refractivity contribution is 9.10. The minimum atomic E-state index is -0.493. The van der Waals surface area contributed by atoms with Crippen molar-refractivity contribution in [1.82, 2.24) is 4.90 Å². The van der Waals surface area contributed by atoms with E-state index < -0.39 is 5.60 Å². The lowest BCUT2D eigenvalue weighted by Crippen LogP contribution is -2.47. The molecule has 0 N–H and O–H groups in total. The molecule has 1 fully saturated rings. The Morgan fingerprint density at radius 3 is 2.22 bits per heavy atom. The van der Waals surface area contributed by atoms with Crippen molar-refractivity contribution in [1.29, 1.82) is 0 Å². The number of carbonyl (C=O) groups excluding carboxylic acids is 1. The van der Waals surface area contributed by atoms with Gasteiger partial charge in [0.1, 0.15) is 18.0 Å². The van der Waals surface area contributed by atoms with E-state index in [0.717, 1.165) is 23.1 Å². The maximum Gasteiger partial charge on any atom is 0.410 e. The van der Waals surface area contributed by atoms with Gasteiger partial charge in [-0.2, -0.15) is 0 Å². The number of nitrogens with zero attached hydrogens (tertiary/aromatic N) is 1. The zero-order valence-corrected chi connectivity index (χ0v) is 21.3. The summed E-state index contributed by atoms with van der Waals surface area (Å²) in [5.41, 5.74) is 3.05. The van der Waals surface area contributed by atoms with Crippen molar-refractivity contribution in [3.05, 3.63) is 63.6 Å². The quantitative estimate of drug-likeness (QED) is 0.446. The van der Waals surface area contributed by atoms with Crippen LogP contribution in [-0.2, 0) is 14.9 Å². The summed E-state index contributed by atoms with van der Waals surface area (Å²) >= 11 is 3.63. The fourth-order valence-corrected chi connectivity index (χ4v) is 4.44. The third-order valence-electron chi connectivity index (χ3n) is 5.94. The second-order valence-electron chi connectivity index (χ2n) is 9.38. The van der Waals surface area contributed by atoms with Crippen LogP contribution in [0, 0.1) is 6.92 Å². The Kier molecular flexibility index (Phi) is 7.88. The molecule has 3 rings (SSSR count). The Morgan fingerprint density at radius 2 is 1.66 bits per heavy atom.